The fraction of sp³-hybridized carbons (Fsp3) is 0.462. The van der Waals surface area contributed by atoms with Crippen molar-refractivity contribution in [3.63, 3.8) is 0 Å². The van der Waals surface area contributed by atoms with Gasteiger partial charge in [-0.3, -0.25) is 4.79 Å². The number of alkyl halides is 1. The van der Waals surface area contributed by atoms with E-state index in [1.165, 1.54) is 0 Å². The van der Waals surface area contributed by atoms with Gasteiger partial charge >= 0.3 is 0 Å². The van der Waals surface area contributed by atoms with Gasteiger partial charge in [0, 0.05) is 18.3 Å². The summed E-state index contributed by atoms with van der Waals surface area (Å²) in [5.41, 5.74) is 0.981. The van der Waals surface area contributed by atoms with Gasteiger partial charge < -0.3 is 14.8 Å². The number of carbonyl (C=O) groups excluding carboxylic acids is 1. The van der Waals surface area contributed by atoms with Crippen molar-refractivity contribution in [1.82, 2.24) is 5.32 Å². The molecule has 1 amide bonds. The molecule has 1 atom stereocenters. The lowest BCUT2D eigenvalue weighted by molar-refractivity contribution is -0.124. The second-order valence-corrected chi connectivity index (χ2v) is 4.56. The quantitative estimate of drug-likeness (QED) is 0.850. The second-order valence-electron chi connectivity index (χ2n) is 4.25. The summed E-state index contributed by atoms with van der Waals surface area (Å²) < 4.78 is 10.9. The summed E-state index contributed by atoms with van der Waals surface area (Å²) in [5.74, 6) is 1.60. The fourth-order valence-electron chi connectivity index (χ4n) is 1.63. The molecule has 0 aliphatic carbocycles. The zero-order valence-electron chi connectivity index (χ0n) is 10.2. The molecule has 1 aromatic rings. The summed E-state index contributed by atoms with van der Waals surface area (Å²) in [7, 11) is 0. The summed E-state index contributed by atoms with van der Waals surface area (Å²) in [6, 6.07) is 5.67. The van der Waals surface area contributed by atoms with Gasteiger partial charge in [-0.15, -0.1) is 11.6 Å². The van der Waals surface area contributed by atoms with Crippen molar-refractivity contribution in [2.24, 2.45) is 5.92 Å². The molecule has 1 aliphatic heterocycles. The van der Waals surface area contributed by atoms with E-state index >= 15 is 0 Å². The summed E-state index contributed by atoms with van der Waals surface area (Å²) in [6.07, 6.45) is 0. The van der Waals surface area contributed by atoms with E-state index in [9.17, 15) is 4.79 Å². The molecule has 0 spiro atoms. The van der Waals surface area contributed by atoms with Crippen LogP contribution in [0.5, 0.6) is 11.5 Å². The molecule has 4 nitrogen and oxygen atoms in total. The van der Waals surface area contributed by atoms with Crippen LogP contribution in [0.15, 0.2) is 18.2 Å². The van der Waals surface area contributed by atoms with E-state index < -0.39 is 0 Å². The lowest BCUT2D eigenvalue weighted by atomic mass is 10.1. The van der Waals surface area contributed by atoms with Crippen molar-refractivity contribution in [2.75, 3.05) is 19.1 Å². The molecule has 1 heterocycles. The third-order valence-electron chi connectivity index (χ3n) is 2.75. The highest BCUT2D eigenvalue weighted by molar-refractivity contribution is 6.19. The highest BCUT2D eigenvalue weighted by Gasteiger charge is 2.13. The van der Waals surface area contributed by atoms with Crippen LogP contribution in [0, 0.1) is 5.92 Å². The first-order valence-corrected chi connectivity index (χ1v) is 6.46. The van der Waals surface area contributed by atoms with Crippen LogP contribution in [-0.2, 0) is 11.3 Å². The van der Waals surface area contributed by atoms with E-state index in [0.717, 1.165) is 17.1 Å². The molecule has 1 aliphatic rings. The number of carbonyl (C=O) groups is 1. The van der Waals surface area contributed by atoms with Gasteiger partial charge in [-0.2, -0.15) is 0 Å². The van der Waals surface area contributed by atoms with Crippen LogP contribution in [0.2, 0.25) is 0 Å². The van der Waals surface area contributed by atoms with Gasteiger partial charge in [0.05, 0.1) is 0 Å². The minimum atomic E-state index is -0.177. The minimum absolute atomic E-state index is 0.0418. The first-order chi connectivity index (χ1) is 8.70. The van der Waals surface area contributed by atoms with Crippen LogP contribution in [0.25, 0.3) is 0 Å². The van der Waals surface area contributed by atoms with E-state index in [1.807, 2.05) is 18.2 Å². The number of nitrogens with one attached hydrogen (secondary N) is 1. The topological polar surface area (TPSA) is 47.6 Å². The molecule has 1 aromatic carbocycles. The Hall–Kier alpha value is -1.42. The Morgan fingerprint density at radius 3 is 2.83 bits per heavy atom. The normalized spacial score (nSPS) is 15.0. The lowest BCUT2D eigenvalue weighted by Gasteiger charge is -2.19. The molecule has 0 saturated carbocycles. The zero-order valence-corrected chi connectivity index (χ0v) is 11.0. The van der Waals surface area contributed by atoms with E-state index in [4.69, 9.17) is 21.1 Å². The predicted octanol–water partition coefficient (Wildman–Crippen LogP) is 1.95. The molecular weight excluding hydrogens is 254 g/mol. The summed E-state index contributed by atoms with van der Waals surface area (Å²) in [5, 5.41) is 2.84. The minimum Gasteiger partial charge on any atom is -0.486 e. The van der Waals surface area contributed by atoms with Crippen LogP contribution in [0.3, 0.4) is 0 Å². The summed E-state index contributed by atoms with van der Waals surface area (Å²) in [4.78, 5) is 11.6. The highest BCUT2D eigenvalue weighted by Crippen LogP contribution is 2.30. The zero-order chi connectivity index (χ0) is 13.0. The van der Waals surface area contributed by atoms with Gasteiger partial charge in [0.2, 0.25) is 5.91 Å². The van der Waals surface area contributed by atoms with Crippen LogP contribution >= 0.6 is 11.6 Å². The van der Waals surface area contributed by atoms with Crippen LogP contribution in [-0.4, -0.2) is 25.0 Å². The number of fused-ring (bicyclic) bond motifs is 1. The van der Waals surface area contributed by atoms with Gasteiger partial charge in [-0.1, -0.05) is 13.0 Å². The lowest BCUT2D eigenvalue weighted by Crippen LogP contribution is -2.29. The average molecular weight is 270 g/mol. The number of amides is 1. The van der Waals surface area contributed by atoms with E-state index in [2.05, 4.69) is 5.32 Å². The molecule has 1 N–H and O–H groups in total. The molecule has 0 bridgehead atoms. The monoisotopic (exact) mass is 269 g/mol. The second kappa shape index (κ2) is 5.96. The van der Waals surface area contributed by atoms with E-state index in [-0.39, 0.29) is 11.8 Å². The Morgan fingerprint density at radius 2 is 2.11 bits per heavy atom. The predicted molar refractivity (Wildman–Crippen MR) is 69.2 cm³/mol. The van der Waals surface area contributed by atoms with E-state index in [0.29, 0.717) is 25.6 Å². The van der Waals surface area contributed by atoms with Crippen molar-refractivity contribution in [3.05, 3.63) is 23.8 Å². The number of halogens is 1. The molecule has 5 heteroatoms. The first kappa shape index (κ1) is 13.0. The molecule has 2 rings (SSSR count). The smallest absolute Gasteiger partial charge is 0.224 e. The molecule has 0 radical (unpaired) electrons. The maximum atomic E-state index is 11.6. The van der Waals surface area contributed by atoms with Crippen molar-refractivity contribution in [3.8, 4) is 11.5 Å². The van der Waals surface area contributed by atoms with Crippen molar-refractivity contribution >= 4 is 17.5 Å². The van der Waals surface area contributed by atoms with E-state index in [1.54, 1.807) is 6.92 Å². The van der Waals surface area contributed by atoms with Gasteiger partial charge in [-0.25, -0.2) is 0 Å². The summed E-state index contributed by atoms with van der Waals surface area (Å²) >= 11 is 5.63. The summed E-state index contributed by atoms with van der Waals surface area (Å²) in [6.45, 7) is 3.41. The van der Waals surface area contributed by atoms with Gasteiger partial charge in [0.15, 0.2) is 11.5 Å². The molecule has 0 fully saturated rings. The van der Waals surface area contributed by atoms with Gasteiger partial charge in [-0.05, 0) is 17.7 Å². The number of hydrogen-bond donors (Lipinski definition) is 1. The Morgan fingerprint density at radius 1 is 1.39 bits per heavy atom. The Kier molecular flexibility index (Phi) is 4.31. The number of rotatable bonds is 4. The Labute approximate surface area is 111 Å². The number of hydrogen-bond acceptors (Lipinski definition) is 3. The maximum Gasteiger partial charge on any atom is 0.224 e. The SMILES string of the molecule is CC(CCl)C(=O)NCc1ccc2c(c1)OCCO2. The molecule has 18 heavy (non-hydrogen) atoms. The fourth-order valence-corrected chi connectivity index (χ4v) is 1.77. The van der Waals surface area contributed by atoms with Crippen molar-refractivity contribution < 1.29 is 14.3 Å². The van der Waals surface area contributed by atoms with Crippen LogP contribution in [0.1, 0.15) is 12.5 Å². The third-order valence-corrected chi connectivity index (χ3v) is 3.22. The first-order valence-electron chi connectivity index (χ1n) is 5.93. The number of ether oxygens (including phenoxy) is 2. The largest absolute Gasteiger partial charge is 0.486 e. The van der Waals surface area contributed by atoms with Crippen molar-refractivity contribution in [2.45, 2.75) is 13.5 Å². The van der Waals surface area contributed by atoms with Gasteiger partial charge in [0.25, 0.3) is 0 Å². The highest BCUT2D eigenvalue weighted by atomic mass is 35.5. The standard InChI is InChI=1S/C13H16ClNO3/c1-9(7-14)13(16)15-8-10-2-3-11-12(6-10)18-5-4-17-11/h2-3,6,9H,4-5,7-8H2,1H3,(H,15,16). The molecular formula is C13H16ClNO3. The van der Waals surface area contributed by atoms with Crippen LogP contribution < -0.4 is 14.8 Å². The maximum absolute atomic E-state index is 11.6. The number of benzene rings is 1. The molecule has 0 saturated heterocycles. The molecule has 98 valence electrons. The van der Waals surface area contributed by atoms with Crippen LogP contribution in [0.4, 0.5) is 0 Å². The molecule has 0 aromatic heterocycles. The Balaban J connectivity index is 1.96. The third kappa shape index (κ3) is 3.07. The van der Waals surface area contributed by atoms with Gasteiger partial charge in [0.1, 0.15) is 13.2 Å². The average Bonchev–Trinajstić information content (AvgIpc) is 2.43. The molecule has 1 unspecified atom stereocenters. The van der Waals surface area contributed by atoms with Crippen molar-refractivity contribution in [1.29, 1.82) is 0 Å². The Bertz CT molecular complexity index is 436.